The first-order valence-electron chi connectivity index (χ1n) is 8.30. The number of carbonyl (C=O) groups is 2. The summed E-state index contributed by atoms with van der Waals surface area (Å²) >= 11 is 0. The molecule has 0 bridgehead atoms. The topological polar surface area (TPSA) is 52.7 Å². The Morgan fingerprint density at radius 3 is 2.68 bits per heavy atom. The van der Waals surface area contributed by atoms with Crippen molar-refractivity contribution in [2.24, 2.45) is 0 Å². The van der Waals surface area contributed by atoms with Crippen LogP contribution in [0.25, 0.3) is 5.57 Å². The normalized spacial score (nSPS) is 16.4. The van der Waals surface area contributed by atoms with Gasteiger partial charge < -0.3 is 15.1 Å². The van der Waals surface area contributed by atoms with Crippen molar-refractivity contribution < 1.29 is 9.59 Å². The van der Waals surface area contributed by atoms with Crippen LogP contribution in [0.4, 0.5) is 11.4 Å². The molecule has 2 aliphatic heterocycles. The van der Waals surface area contributed by atoms with E-state index in [9.17, 15) is 9.59 Å². The molecule has 0 saturated carbocycles. The van der Waals surface area contributed by atoms with Crippen molar-refractivity contribution in [1.29, 1.82) is 0 Å². The molecular weight excluding hydrogens is 314 g/mol. The number of nitrogens with one attached hydrogen (secondary N) is 1. The van der Waals surface area contributed by atoms with E-state index in [1.54, 1.807) is 6.07 Å². The van der Waals surface area contributed by atoms with Crippen LogP contribution in [0.5, 0.6) is 0 Å². The van der Waals surface area contributed by atoms with E-state index in [1.165, 1.54) is 5.57 Å². The Bertz CT molecular complexity index is 874. The summed E-state index contributed by atoms with van der Waals surface area (Å²) in [6, 6.07) is 15.6. The summed E-state index contributed by atoms with van der Waals surface area (Å²) in [5, 5.41) is 2.85. The highest BCUT2D eigenvalue weighted by molar-refractivity contribution is 6.04. The van der Waals surface area contributed by atoms with E-state index in [1.807, 2.05) is 47.2 Å². The summed E-state index contributed by atoms with van der Waals surface area (Å²) in [4.78, 5) is 28.3. The van der Waals surface area contributed by atoms with Crippen LogP contribution in [0.2, 0.25) is 0 Å². The maximum absolute atomic E-state index is 12.8. The van der Waals surface area contributed by atoms with Gasteiger partial charge in [-0.3, -0.25) is 9.59 Å². The molecule has 0 saturated heterocycles. The molecule has 2 amide bonds. The van der Waals surface area contributed by atoms with Crippen LogP contribution in [0.1, 0.15) is 15.9 Å². The Labute approximate surface area is 146 Å². The van der Waals surface area contributed by atoms with Gasteiger partial charge >= 0.3 is 0 Å². The van der Waals surface area contributed by atoms with Gasteiger partial charge in [-0.2, -0.15) is 0 Å². The predicted octanol–water partition coefficient (Wildman–Crippen LogP) is 2.61. The molecule has 0 unspecified atom stereocenters. The fourth-order valence-electron chi connectivity index (χ4n) is 3.35. The molecule has 5 heteroatoms. The molecule has 2 aromatic carbocycles. The molecule has 0 spiro atoms. The predicted molar refractivity (Wildman–Crippen MR) is 98.7 cm³/mol. The van der Waals surface area contributed by atoms with Crippen molar-refractivity contribution in [3.63, 3.8) is 0 Å². The third kappa shape index (κ3) is 2.89. The number of anilines is 2. The van der Waals surface area contributed by atoms with Crippen LogP contribution in [-0.2, 0) is 4.79 Å². The number of rotatable bonds is 2. The lowest BCUT2D eigenvalue weighted by Gasteiger charge is -2.28. The molecule has 2 heterocycles. The number of hydrogen-bond donors (Lipinski definition) is 1. The van der Waals surface area contributed by atoms with Gasteiger partial charge in [0.15, 0.2) is 0 Å². The van der Waals surface area contributed by atoms with Crippen molar-refractivity contribution in [2.45, 2.75) is 0 Å². The number of fused-ring (bicyclic) bond motifs is 1. The Hall–Kier alpha value is -3.08. The van der Waals surface area contributed by atoms with Gasteiger partial charge in [0.1, 0.15) is 0 Å². The highest BCUT2D eigenvalue weighted by Crippen LogP contribution is 2.30. The Morgan fingerprint density at radius 2 is 1.88 bits per heavy atom. The van der Waals surface area contributed by atoms with E-state index in [0.29, 0.717) is 30.9 Å². The van der Waals surface area contributed by atoms with Crippen LogP contribution in [0, 0.1) is 0 Å². The minimum absolute atomic E-state index is 0.0209. The first kappa shape index (κ1) is 15.4. The number of benzene rings is 2. The Balaban J connectivity index is 1.53. The molecule has 2 aliphatic rings. The summed E-state index contributed by atoms with van der Waals surface area (Å²) in [5.41, 5.74) is 4.54. The van der Waals surface area contributed by atoms with E-state index >= 15 is 0 Å². The maximum Gasteiger partial charge on any atom is 0.254 e. The van der Waals surface area contributed by atoms with Crippen LogP contribution >= 0.6 is 0 Å². The summed E-state index contributed by atoms with van der Waals surface area (Å²) < 4.78 is 0. The smallest absolute Gasteiger partial charge is 0.254 e. The first-order valence-corrected chi connectivity index (χ1v) is 8.30. The molecule has 0 fully saturated rings. The van der Waals surface area contributed by atoms with Crippen molar-refractivity contribution in [3.05, 3.63) is 65.7 Å². The molecule has 5 nitrogen and oxygen atoms in total. The van der Waals surface area contributed by atoms with Gasteiger partial charge in [-0.15, -0.1) is 0 Å². The lowest BCUT2D eigenvalue weighted by Crippen LogP contribution is -2.35. The van der Waals surface area contributed by atoms with Crippen LogP contribution in [0.15, 0.2) is 54.6 Å². The molecule has 1 N–H and O–H groups in total. The largest absolute Gasteiger partial charge is 0.364 e. The summed E-state index contributed by atoms with van der Waals surface area (Å²) in [6.07, 6.45) is 2.10. The zero-order chi connectivity index (χ0) is 17.4. The SMILES string of the molecule is CN1CC(=O)Nc2cc(C(=O)N3CC=C(c4ccccc4)C3)ccc21. The Morgan fingerprint density at radius 1 is 1.08 bits per heavy atom. The second-order valence-corrected chi connectivity index (χ2v) is 6.42. The van der Waals surface area contributed by atoms with Gasteiger partial charge in [0, 0.05) is 25.7 Å². The third-order valence-corrected chi connectivity index (χ3v) is 4.66. The number of carbonyl (C=O) groups excluding carboxylic acids is 2. The average Bonchev–Trinajstić information content (AvgIpc) is 3.11. The molecule has 0 atom stereocenters. The quantitative estimate of drug-likeness (QED) is 0.919. The highest BCUT2D eigenvalue weighted by atomic mass is 16.2. The lowest BCUT2D eigenvalue weighted by atomic mass is 10.1. The maximum atomic E-state index is 12.8. The Kier molecular flexibility index (Phi) is 3.76. The minimum atomic E-state index is -0.0613. The van der Waals surface area contributed by atoms with Gasteiger partial charge in [0.05, 0.1) is 17.9 Å². The number of amides is 2. The fraction of sp³-hybridized carbons (Fsp3) is 0.200. The number of nitrogens with zero attached hydrogens (tertiary/aromatic N) is 2. The third-order valence-electron chi connectivity index (χ3n) is 4.66. The molecule has 0 aromatic heterocycles. The zero-order valence-electron chi connectivity index (χ0n) is 14.0. The summed E-state index contributed by atoms with van der Waals surface area (Å²) in [6.45, 7) is 1.54. The van der Waals surface area contributed by atoms with Gasteiger partial charge in [0.25, 0.3) is 5.91 Å². The van der Waals surface area contributed by atoms with Gasteiger partial charge in [-0.25, -0.2) is 0 Å². The molecule has 126 valence electrons. The van der Waals surface area contributed by atoms with E-state index in [0.717, 1.165) is 11.3 Å². The molecule has 0 aliphatic carbocycles. The van der Waals surface area contributed by atoms with Crippen LogP contribution < -0.4 is 10.2 Å². The standard InChI is InChI=1S/C20H19N3O2/c1-22-13-19(24)21-17-11-15(7-8-18(17)22)20(25)23-10-9-16(12-23)14-5-3-2-4-6-14/h2-9,11H,10,12-13H2,1H3,(H,21,24). The molecular formula is C20H19N3O2. The number of hydrogen-bond acceptors (Lipinski definition) is 3. The number of likely N-dealkylation sites (N-methyl/N-ethyl adjacent to an activating group) is 1. The van der Waals surface area contributed by atoms with Crippen LogP contribution in [0.3, 0.4) is 0 Å². The van der Waals surface area contributed by atoms with E-state index in [-0.39, 0.29) is 11.8 Å². The van der Waals surface area contributed by atoms with Crippen LogP contribution in [-0.4, -0.2) is 43.4 Å². The second kappa shape index (κ2) is 6.09. The van der Waals surface area contributed by atoms with Crippen molar-refractivity contribution in [2.75, 3.05) is 36.9 Å². The van der Waals surface area contributed by atoms with Gasteiger partial charge in [-0.05, 0) is 29.3 Å². The van der Waals surface area contributed by atoms with E-state index in [2.05, 4.69) is 23.5 Å². The summed E-state index contributed by atoms with van der Waals surface area (Å²) in [5.74, 6) is -0.0822. The average molecular weight is 333 g/mol. The minimum Gasteiger partial charge on any atom is -0.364 e. The van der Waals surface area contributed by atoms with Crippen molar-refractivity contribution in [3.8, 4) is 0 Å². The monoisotopic (exact) mass is 333 g/mol. The lowest BCUT2D eigenvalue weighted by molar-refractivity contribution is -0.115. The van der Waals surface area contributed by atoms with Gasteiger partial charge in [0.2, 0.25) is 5.91 Å². The molecule has 25 heavy (non-hydrogen) atoms. The zero-order valence-corrected chi connectivity index (χ0v) is 14.0. The van der Waals surface area contributed by atoms with Crippen molar-refractivity contribution in [1.82, 2.24) is 4.90 Å². The molecule has 2 aromatic rings. The second-order valence-electron chi connectivity index (χ2n) is 6.42. The summed E-state index contributed by atoms with van der Waals surface area (Å²) in [7, 11) is 1.87. The van der Waals surface area contributed by atoms with Crippen molar-refractivity contribution >= 4 is 28.8 Å². The van der Waals surface area contributed by atoms with E-state index < -0.39 is 0 Å². The molecule has 0 radical (unpaired) electrons. The fourth-order valence-corrected chi connectivity index (χ4v) is 3.35. The first-order chi connectivity index (χ1) is 12.1. The molecule has 4 rings (SSSR count). The van der Waals surface area contributed by atoms with E-state index in [4.69, 9.17) is 0 Å². The van der Waals surface area contributed by atoms with Gasteiger partial charge in [-0.1, -0.05) is 36.4 Å². The highest BCUT2D eigenvalue weighted by Gasteiger charge is 2.24.